The highest BCUT2D eigenvalue weighted by atomic mass is 32.1. The SMILES string of the molecule is c1cc(-c2ncnc3c2oc2ccc(-c4cccc5c4oc4ccccc45)cc23)cc(-c2cccc3c2sc2ccccc23)c1.c1cc(-c2ncnc3c2oc2ccc(-c4cccc5c4sc4ccccc45)cc23)cc(-c2cccc3c2sc2ccccc23)c1.c1cc(-c2ncnc3c2oc2ccc(-n4c5ccccc5c5ccccc54)cc23)cc(-c2cccc3c2sc2ccccc23)c1. The van der Waals surface area contributed by atoms with Crippen molar-refractivity contribution in [3.05, 3.63) is 407 Å². The van der Waals surface area contributed by atoms with E-state index in [1.807, 2.05) is 69.6 Å². The molecule has 0 spiro atoms. The molecule has 0 aliphatic rings. The van der Waals surface area contributed by atoms with Gasteiger partial charge in [-0.2, -0.15) is 0 Å². The molecule has 12 aromatic heterocycles. The van der Waals surface area contributed by atoms with Crippen molar-refractivity contribution in [3.8, 4) is 95.1 Å². The van der Waals surface area contributed by atoms with E-state index in [-0.39, 0.29) is 0 Å². The number of benzene rings is 18. The van der Waals surface area contributed by atoms with Crippen molar-refractivity contribution in [2.45, 2.75) is 0 Å². The Morgan fingerprint density at radius 1 is 0.185 bits per heavy atom. The Bertz CT molecular complexity index is 9730. The first-order valence-corrected chi connectivity index (χ1v) is 48.0. The van der Waals surface area contributed by atoms with Gasteiger partial charge in [0.05, 0.1) is 11.0 Å². The Morgan fingerprint density at radius 3 is 0.881 bits per heavy atom. The molecule has 0 bridgehead atoms. The van der Waals surface area contributed by atoms with E-state index in [1.165, 1.54) is 125 Å². The summed E-state index contributed by atoms with van der Waals surface area (Å²) in [5.74, 6) is 0. The zero-order valence-corrected chi connectivity index (χ0v) is 74.8. The van der Waals surface area contributed by atoms with E-state index in [9.17, 15) is 0 Å². The van der Waals surface area contributed by atoms with Crippen molar-refractivity contribution in [3.63, 3.8) is 0 Å². The molecule has 0 N–H and O–H groups in total. The van der Waals surface area contributed by atoms with Crippen molar-refractivity contribution in [2.75, 3.05) is 0 Å². The summed E-state index contributed by atoms with van der Waals surface area (Å²) in [7, 11) is 0. The number of aromatic nitrogens is 7. The second-order valence-electron chi connectivity index (χ2n) is 34.1. The predicted octanol–water partition coefficient (Wildman–Crippen LogP) is 34.9. The van der Waals surface area contributed by atoms with Gasteiger partial charge in [-0.15, -0.1) is 45.3 Å². The third kappa shape index (κ3) is 12.4. The highest BCUT2D eigenvalue weighted by molar-refractivity contribution is 7.27. The summed E-state index contributed by atoms with van der Waals surface area (Å²) >= 11 is 7.38. The smallest absolute Gasteiger partial charge is 0.180 e. The van der Waals surface area contributed by atoms with Crippen LogP contribution in [0.25, 0.3) is 286 Å². The molecule has 0 aliphatic carbocycles. The number of rotatable bonds is 9. The van der Waals surface area contributed by atoms with Crippen molar-refractivity contribution >= 4 is 236 Å². The van der Waals surface area contributed by atoms with E-state index < -0.39 is 0 Å². The molecule has 0 saturated heterocycles. The van der Waals surface area contributed by atoms with Gasteiger partial charge in [0.25, 0.3) is 0 Å². The van der Waals surface area contributed by atoms with E-state index in [0.29, 0.717) is 16.7 Å². The average Bonchev–Trinajstić information content (AvgIpc) is 1.59. The third-order valence-electron chi connectivity index (χ3n) is 26.6. The number of hydrogen-bond acceptors (Lipinski definition) is 14. The maximum atomic E-state index is 6.51. The molecular weight excluding hydrogens is 1730 g/mol. The largest absolute Gasteiger partial charge is 0.455 e. The average molecular weight is 1800 g/mol. The first kappa shape index (κ1) is 76.9. The van der Waals surface area contributed by atoms with Gasteiger partial charge in [0.15, 0.2) is 16.7 Å². The Hall–Kier alpha value is -16.9. The lowest BCUT2D eigenvalue weighted by Gasteiger charge is -2.08. The first-order valence-electron chi connectivity index (χ1n) is 44.8. The van der Waals surface area contributed by atoms with Crippen LogP contribution < -0.4 is 0 Å². The summed E-state index contributed by atoms with van der Waals surface area (Å²) in [6.45, 7) is 0. The Balaban J connectivity index is 0.000000101. The molecule has 15 heteroatoms. The van der Waals surface area contributed by atoms with Gasteiger partial charge >= 0.3 is 0 Å². The van der Waals surface area contributed by atoms with Gasteiger partial charge in [-0.1, -0.05) is 285 Å². The number of para-hydroxylation sites is 4. The number of fused-ring (bicyclic) bond motifs is 27. The van der Waals surface area contributed by atoms with Gasteiger partial charge in [-0.05, 0) is 153 Å². The van der Waals surface area contributed by atoms with Crippen molar-refractivity contribution in [1.82, 2.24) is 34.5 Å². The van der Waals surface area contributed by atoms with Gasteiger partial charge in [-0.25, -0.2) is 29.9 Å². The summed E-state index contributed by atoms with van der Waals surface area (Å²) < 4.78 is 38.5. The minimum Gasteiger partial charge on any atom is -0.455 e. The van der Waals surface area contributed by atoms with Crippen molar-refractivity contribution < 1.29 is 17.7 Å². The molecule has 11 nitrogen and oxygen atoms in total. The molecule has 0 fully saturated rings. The van der Waals surface area contributed by atoms with Gasteiger partial charge < -0.3 is 22.2 Å². The second-order valence-corrected chi connectivity index (χ2v) is 38.3. The van der Waals surface area contributed by atoms with Crippen molar-refractivity contribution in [2.24, 2.45) is 0 Å². The fraction of sp³-hybridized carbons (Fsp3) is 0. The molecule has 630 valence electrons. The number of hydrogen-bond donors (Lipinski definition) is 0. The predicted molar refractivity (Wildman–Crippen MR) is 565 cm³/mol. The van der Waals surface area contributed by atoms with Crippen LogP contribution in [0.4, 0.5) is 0 Å². The van der Waals surface area contributed by atoms with E-state index in [1.54, 1.807) is 19.0 Å². The molecule has 135 heavy (non-hydrogen) atoms. The summed E-state index contributed by atoms with van der Waals surface area (Å²) in [4.78, 5) is 28.4. The lowest BCUT2D eigenvalue weighted by atomic mass is 9.99. The molecule has 0 radical (unpaired) electrons. The summed E-state index contributed by atoms with van der Waals surface area (Å²) in [6, 6.07) is 137. The lowest BCUT2D eigenvalue weighted by Crippen LogP contribution is -1.93. The highest BCUT2D eigenvalue weighted by Gasteiger charge is 2.25. The van der Waals surface area contributed by atoms with Crippen LogP contribution in [0.1, 0.15) is 0 Å². The molecule has 0 atom stereocenters. The Labute approximate surface area is 784 Å². The van der Waals surface area contributed by atoms with E-state index in [0.717, 1.165) is 144 Å². The minimum absolute atomic E-state index is 0.684. The van der Waals surface area contributed by atoms with Crippen LogP contribution in [-0.4, -0.2) is 34.5 Å². The molecule has 0 saturated carbocycles. The van der Waals surface area contributed by atoms with E-state index in [4.69, 9.17) is 47.6 Å². The summed E-state index contributed by atoms with van der Waals surface area (Å²) in [5.41, 5.74) is 29.1. The Kier molecular flexibility index (Phi) is 17.6. The minimum atomic E-state index is 0.684. The fourth-order valence-electron chi connectivity index (χ4n) is 20.4. The lowest BCUT2D eigenvalue weighted by molar-refractivity contribution is 0.666. The van der Waals surface area contributed by atoms with Crippen LogP contribution >= 0.6 is 45.3 Å². The topological polar surface area (TPSA) is 135 Å². The van der Waals surface area contributed by atoms with Gasteiger partial charge in [0.1, 0.15) is 80.5 Å². The molecular formula is C120H67N7O4S4. The van der Waals surface area contributed by atoms with E-state index >= 15 is 0 Å². The van der Waals surface area contributed by atoms with Gasteiger partial charge in [0, 0.05) is 146 Å². The molecule has 0 aliphatic heterocycles. The molecule has 30 rings (SSSR count). The first-order chi connectivity index (χ1) is 66.9. The standard InChI is InChI=1S/C40H23N3OS.C40H22N2O2S.C40H22N2OS2/c1-4-16-33-28(11-1)29-12-2-5-17-34(29)43(33)26-19-20-35-32(22-26)38-39(44-35)37(41-23-42-38)25-10-7-9-24(21-25)27-14-8-15-31-30-13-3-6-18-36(30)45-40(27)31;1-3-16-33-28(10-1)30-14-6-12-26(38(30)43-33)24-18-19-34-32(21-24)37-39(44-34)36(41-22-42-37)25-9-5-8-23(20-25)27-13-7-15-31-29-11-2-4-17-35(29)45-40(27)31;1-3-16-34-28(10-1)30-14-6-12-26(39(30)44-34)23-8-5-9-25(20-23)36-38-37(42-22-41-36)32-21-24(18-19-33(32)43-38)27-13-7-15-31-29-11-2-4-17-35(29)45-40(27)31/h1-23H;2*1-22H. The van der Waals surface area contributed by atoms with Crippen LogP contribution in [0.3, 0.4) is 0 Å². The fourth-order valence-corrected chi connectivity index (χ4v) is 25.3. The van der Waals surface area contributed by atoms with Gasteiger partial charge in [-0.3, -0.25) is 0 Å². The normalized spacial score (nSPS) is 12.0. The molecule has 0 unspecified atom stereocenters. The Morgan fingerprint density at radius 2 is 0.474 bits per heavy atom. The van der Waals surface area contributed by atoms with Crippen LogP contribution in [0.2, 0.25) is 0 Å². The summed E-state index contributed by atoms with van der Waals surface area (Å²) in [6.07, 6.45) is 4.95. The summed E-state index contributed by atoms with van der Waals surface area (Å²) in [5, 5.41) is 18.0. The maximum Gasteiger partial charge on any atom is 0.180 e. The zero-order chi connectivity index (χ0) is 88.5. The van der Waals surface area contributed by atoms with Crippen LogP contribution in [0.15, 0.2) is 425 Å². The molecule has 12 heterocycles. The number of nitrogens with zero attached hydrogens (tertiary/aromatic N) is 7. The van der Waals surface area contributed by atoms with Crippen LogP contribution in [0.5, 0.6) is 0 Å². The van der Waals surface area contributed by atoms with Gasteiger partial charge in [0.2, 0.25) is 0 Å². The molecule has 30 aromatic rings. The number of furan rings is 4. The van der Waals surface area contributed by atoms with Crippen molar-refractivity contribution in [1.29, 1.82) is 0 Å². The maximum absolute atomic E-state index is 6.51. The zero-order valence-electron chi connectivity index (χ0n) is 71.6. The molecule has 18 aromatic carbocycles. The van der Waals surface area contributed by atoms with E-state index in [2.05, 4.69) is 369 Å². The third-order valence-corrected chi connectivity index (χ3v) is 31.4. The number of thiophene rings is 4. The van der Waals surface area contributed by atoms with Crippen LogP contribution in [0, 0.1) is 0 Å². The van der Waals surface area contributed by atoms with Crippen LogP contribution in [-0.2, 0) is 0 Å². The second kappa shape index (κ2) is 30.9. The monoisotopic (exact) mass is 1800 g/mol. The molecule has 0 amide bonds. The quantitative estimate of drug-likeness (QED) is 0.137. The highest BCUT2D eigenvalue weighted by Crippen LogP contribution is 2.50.